The standard InChI is InChI=1S/C14H25N3O2/c1-10(2)7-15-8-12-9-19-14(16-12)17(4)13-5-6-18-11(13)3/h9-11,13,15H,5-8H2,1-4H3. The van der Waals surface area contributed by atoms with Crippen LogP contribution in [0.3, 0.4) is 0 Å². The minimum Gasteiger partial charge on any atom is -0.432 e. The minimum absolute atomic E-state index is 0.236. The van der Waals surface area contributed by atoms with Gasteiger partial charge in [0.05, 0.1) is 17.8 Å². The summed E-state index contributed by atoms with van der Waals surface area (Å²) in [6, 6.07) is 1.04. The Balaban J connectivity index is 1.89. The molecule has 1 N–H and O–H groups in total. The summed E-state index contributed by atoms with van der Waals surface area (Å²) in [7, 11) is 2.02. The quantitative estimate of drug-likeness (QED) is 0.854. The third-order valence-corrected chi connectivity index (χ3v) is 3.53. The lowest BCUT2D eigenvalue weighted by Gasteiger charge is -2.24. The van der Waals surface area contributed by atoms with Gasteiger partial charge in [0.15, 0.2) is 0 Å². The lowest BCUT2D eigenvalue weighted by atomic mass is 10.1. The van der Waals surface area contributed by atoms with Crippen LogP contribution in [0.5, 0.6) is 0 Å². The average Bonchev–Trinajstić information content (AvgIpc) is 2.97. The van der Waals surface area contributed by atoms with E-state index in [4.69, 9.17) is 9.15 Å². The number of anilines is 1. The van der Waals surface area contributed by atoms with Crippen molar-refractivity contribution in [3.8, 4) is 0 Å². The fourth-order valence-electron chi connectivity index (χ4n) is 2.40. The maximum Gasteiger partial charge on any atom is 0.297 e. The van der Waals surface area contributed by atoms with Crippen LogP contribution in [0.4, 0.5) is 6.01 Å². The lowest BCUT2D eigenvalue weighted by Crippen LogP contribution is -2.37. The number of nitrogens with one attached hydrogen (secondary N) is 1. The van der Waals surface area contributed by atoms with Crippen LogP contribution in [0, 0.1) is 5.92 Å². The average molecular weight is 267 g/mol. The van der Waals surface area contributed by atoms with Gasteiger partial charge in [-0.05, 0) is 25.8 Å². The van der Waals surface area contributed by atoms with Crippen molar-refractivity contribution in [2.45, 2.75) is 45.9 Å². The second-order valence-electron chi connectivity index (χ2n) is 5.69. The first-order valence-corrected chi connectivity index (χ1v) is 7.07. The Kier molecular flexibility index (Phi) is 4.82. The molecule has 5 heteroatoms. The Labute approximate surface area is 115 Å². The van der Waals surface area contributed by atoms with E-state index in [9.17, 15) is 0 Å². The summed E-state index contributed by atoms with van der Waals surface area (Å²) in [5.74, 6) is 0.644. The van der Waals surface area contributed by atoms with Gasteiger partial charge in [0.1, 0.15) is 6.26 Å². The molecular formula is C14H25N3O2. The second-order valence-corrected chi connectivity index (χ2v) is 5.69. The zero-order valence-electron chi connectivity index (χ0n) is 12.3. The van der Waals surface area contributed by atoms with Crippen molar-refractivity contribution in [3.05, 3.63) is 12.0 Å². The molecule has 108 valence electrons. The van der Waals surface area contributed by atoms with Crippen molar-refractivity contribution in [3.63, 3.8) is 0 Å². The van der Waals surface area contributed by atoms with Gasteiger partial charge in [-0.1, -0.05) is 13.8 Å². The van der Waals surface area contributed by atoms with Crippen LogP contribution in [0.2, 0.25) is 0 Å². The van der Waals surface area contributed by atoms with Crippen LogP contribution in [0.1, 0.15) is 32.9 Å². The molecule has 0 saturated carbocycles. The number of hydrogen-bond acceptors (Lipinski definition) is 5. The van der Waals surface area contributed by atoms with Gasteiger partial charge in [0.25, 0.3) is 6.01 Å². The van der Waals surface area contributed by atoms with Crippen LogP contribution in [0.15, 0.2) is 10.7 Å². The molecule has 2 rings (SSSR count). The molecule has 5 nitrogen and oxygen atoms in total. The Morgan fingerprint density at radius 3 is 2.95 bits per heavy atom. The molecule has 0 aliphatic carbocycles. The molecule has 1 aromatic heterocycles. The highest BCUT2D eigenvalue weighted by atomic mass is 16.5. The molecule has 0 amide bonds. The van der Waals surface area contributed by atoms with Crippen molar-refractivity contribution >= 4 is 6.01 Å². The SMILES string of the molecule is CC(C)CNCc1coc(N(C)C2CCOC2C)n1. The molecule has 0 radical (unpaired) electrons. The van der Waals surface area contributed by atoms with E-state index in [1.54, 1.807) is 6.26 Å². The monoisotopic (exact) mass is 267 g/mol. The summed E-state index contributed by atoms with van der Waals surface area (Å²) >= 11 is 0. The fourth-order valence-corrected chi connectivity index (χ4v) is 2.40. The number of oxazole rings is 1. The summed E-state index contributed by atoms with van der Waals surface area (Å²) in [5.41, 5.74) is 0.953. The normalized spacial score (nSPS) is 23.2. The highest BCUT2D eigenvalue weighted by molar-refractivity contribution is 5.28. The summed E-state index contributed by atoms with van der Waals surface area (Å²) in [6.45, 7) is 9.05. The lowest BCUT2D eigenvalue weighted by molar-refractivity contribution is 0.117. The molecule has 2 heterocycles. The largest absolute Gasteiger partial charge is 0.432 e. The zero-order valence-corrected chi connectivity index (χ0v) is 12.3. The predicted octanol–water partition coefficient (Wildman–Crippen LogP) is 2.03. The highest BCUT2D eigenvalue weighted by Crippen LogP contribution is 2.23. The molecule has 1 saturated heterocycles. The molecule has 1 aromatic rings. The van der Waals surface area contributed by atoms with E-state index in [0.29, 0.717) is 18.0 Å². The predicted molar refractivity (Wildman–Crippen MR) is 75.3 cm³/mol. The number of nitrogens with zero attached hydrogens (tertiary/aromatic N) is 2. The van der Waals surface area contributed by atoms with Gasteiger partial charge < -0.3 is 19.4 Å². The van der Waals surface area contributed by atoms with Gasteiger partial charge in [-0.2, -0.15) is 4.98 Å². The first kappa shape index (κ1) is 14.3. The number of likely N-dealkylation sites (N-methyl/N-ethyl adjacent to an activating group) is 1. The molecule has 1 aliphatic heterocycles. The van der Waals surface area contributed by atoms with E-state index < -0.39 is 0 Å². The van der Waals surface area contributed by atoms with Gasteiger partial charge in [0.2, 0.25) is 0 Å². The summed E-state index contributed by atoms with van der Waals surface area (Å²) < 4.78 is 11.1. The Morgan fingerprint density at radius 1 is 1.53 bits per heavy atom. The molecule has 0 aromatic carbocycles. The van der Waals surface area contributed by atoms with E-state index in [0.717, 1.165) is 31.8 Å². The van der Waals surface area contributed by atoms with Crippen LogP contribution >= 0.6 is 0 Å². The van der Waals surface area contributed by atoms with E-state index in [2.05, 4.69) is 36.0 Å². The Morgan fingerprint density at radius 2 is 2.32 bits per heavy atom. The minimum atomic E-state index is 0.236. The van der Waals surface area contributed by atoms with E-state index in [1.165, 1.54) is 0 Å². The van der Waals surface area contributed by atoms with E-state index >= 15 is 0 Å². The molecule has 2 atom stereocenters. The third-order valence-electron chi connectivity index (χ3n) is 3.53. The molecule has 1 fully saturated rings. The molecule has 0 bridgehead atoms. The first-order chi connectivity index (χ1) is 9.08. The number of rotatable bonds is 6. The number of ether oxygens (including phenoxy) is 1. The fraction of sp³-hybridized carbons (Fsp3) is 0.786. The van der Waals surface area contributed by atoms with Crippen molar-refractivity contribution in [2.75, 3.05) is 25.1 Å². The molecule has 1 aliphatic rings. The second kappa shape index (κ2) is 6.39. The Bertz CT molecular complexity index is 392. The van der Waals surface area contributed by atoms with Crippen molar-refractivity contribution in [1.29, 1.82) is 0 Å². The van der Waals surface area contributed by atoms with Gasteiger partial charge in [-0.25, -0.2) is 0 Å². The van der Waals surface area contributed by atoms with Crippen molar-refractivity contribution in [2.24, 2.45) is 5.92 Å². The zero-order chi connectivity index (χ0) is 13.8. The van der Waals surface area contributed by atoms with Gasteiger partial charge in [-0.3, -0.25) is 0 Å². The van der Waals surface area contributed by atoms with Crippen LogP contribution in [-0.2, 0) is 11.3 Å². The maximum atomic E-state index is 5.58. The Hall–Kier alpha value is -1.07. The number of hydrogen-bond donors (Lipinski definition) is 1. The molecule has 19 heavy (non-hydrogen) atoms. The van der Waals surface area contributed by atoms with Crippen molar-refractivity contribution < 1.29 is 9.15 Å². The van der Waals surface area contributed by atoms with Gasteiger partial charge in [0, 0.05) is 20.2 Å². The molecular weight excluding hydrogens is 242 g/mol. The molecule has 2 unspecified atom stereocenters. The van der Waals surface area contributed by atoms with E-state index in [-0.39, 0.29) is 6.10 Å². The maximum absolute atomic E-state index is 5.58. The van der Waals surface area contributed by atoms with Crippen LogP contribution in [0.25, 0.3) is 0 Å². The van der Waals surface area contributed by atoms with Crippen molar-refractivity contribution in [1.82, 2.24) is 10.3 Å². The van der Waals surface area contributed by atoms with Crippen LogP contribution < -0.4 is 10.2 Å². The van der Waals surface area contributed by atoms with Gasteiger partial charge in [-0.15, -0.1) is 0 Å². The molecule has 0 spiro atoms. The summed E-state index contributed by atoms with van der Waals surface area (Å²) in [4.78, 5) is 6.61. The smallest absolute Gasteiger partial charge is 0.297 e. The topological polar surface area (TPSA) is 50.5 Å². The third kappa shape index (κ3) is 3.70. The summed E-state index contributed by atoms with van der Waals surface area (Å²) in [5, 5.41) is 3.37. The van der Waals surface area contributed by atoms with Gasteiger partial charge >= 0.3 is 0 Å². The van der Waals surface area contributed by atoms with Crippen LogP contribution in [-0.4, -0.2) is 37.3 Å². The number of aromatic nitrogens is 1. The highest BCUT2D eigenvalue weighted by Gasteiger charge is 2.30. The summed E-state index contributed by atoms with van der Waals surface area (Å²) in [6.07, 6.45) is 3.00. The first-order valence-electron chi connectivity index (χ1n) is 7.07. The van der Waals surface area contributed by atoms with E-state index in [1.807, 2.05) is 7.05 Å².